The number of nitrogens with one attached hydrogen (secondary N) is 1. The molecule has 5 nitrogen and oxygen atoms in total. The number of anilines is 1. The monoisotopic (exact) mass is 378 g/mol. The van der Waals surface area contributed by atoms with Crippen molar-refractivity contribution in [2.24, 2.45) is 0 Å². The maximum Gasteiger partial charge on any atom is 0.220 e. The van der Waals surface area contributed by atoms with Gasteiger partial charge < -0.3 is 10.2 Å². The molecular formula is C23H26N2O3. The average molecular weight is 378 g/mol. The van der Waals surface area contributed by atoms with Gasteiger partial charge in [0.1, 0.15) is 0 Å². The van der Waals surface area contributed by atoms with E-state index in [2.05, 4.69) is 36.5 Å². The second kappa shape index (κ2) is 9.31. The van der Waals surface area contributed by atoms with Crippen molar-refractivity contribution in [1.82, 2.24) is 5.32 Å². The molecule has 1 heterocycles. The lowest BCUT2D eigenvalue weighted by Gasteiger charge is -2.10. The van der Waals surface area contributed by atoms with Crippen LogP contribution in [-0.2, 0) is 22.4 Å². The van der Waals surface area contributed by atoms with Gasteiger partial charge in [-0.1, -0.05) is 29.8 Å². The standard InChI is InChI=1S/C23H26N2O3/c1-17-5-7-18(8-6-17)3-2-4-23(28)24-13-11-22(27)20-9-10-21-19(15-20)12-14-25(21)16-26/h5-10,15-16H,2-4,11-14H2,1H3,(H,24,28). The van der Waals surface area contributed by atoms with Gasteiger partial charge in [0.2, 0.25) is 12.3 Å². The van der Waals surface area contributed by atoms with Gasteiger partial charge in [0.05, 0.1) is 0 Å². The van der Waals surface area contributed by atoms with Crippen molar-refractivity contribution >= 4 is 23.8 Å². The maximum absolute atomic E-state index is 12.4. The van der Waals surface area contributed by atoms with Gasteiger partial charge in [-0.15, -0.1) is 0 Å². The Morgan fingerprint density at radius 3 is 2.64 bits per heavy atom. The van der Waals surface area contributed by atoms with Crippen molar-refractivity contribution in [3.8, 4) is 0 Å². The number of benzene rings is 2. The summed E-state index contributed by atoms with van der Waals surface area (Å²) in [5.74, 6) is -0.0113. The van der Waals surface area contributed by atoms with Crippen LogP contribution in [0.2, 0.25) is 0 Å². The van der Waals surface area contributed by atoms with Crippen LogP contribution >= 0.6 is 0 Å². The Morgan fingerprint density at radius 2 is 1.89 bits per heavy atom. The Hall–Kier alpha value is -2.95. The molecule has 0 saturated carbocycles. The fraction of sp³-hybridized carbons (Fsp3) is 0.348. The molecule has 3 rings (SSSR count). The second-order valence-electron chi connectivity index (χ2n) is 7.25. The number of Topliss-reactive ketones (excluding diaryl/α,β-unsaturated/α-hetero) is 1. The SMILES string of the molecule is Cc1ccc(CCCC(=O)NCCC(=O)c2ccc3c(c2)CCN3C=O)cc1. The second-order valence-corrected chi connectivity index (χ2v) is 7.25. The third-order valence-corrected chi connectivity index (χ3v) is 5.12. The minimum atomic E-state index is -0.0181. The van der Waals surface area contributed by atoms with Gasteiger partial charge >= 0.3 is 0 Å². The summed E-state index contributed by atoms with van der Waals surface area (Å²) in [6.45, 7) is 3.07. The van der Waals surface area contributed by atoms with Crippen molar-refractivity contribution in [2.45, 2.75) is 39.0 Å². The van der Waals surface area contributed by atoms with Crippen molar-refractivity contribution in [2.75, 3.05) is 18.0 Å². The quantitative estimate of drug-likeness (QED) is 0.538. The highest BCUT2D eigenvalue weighted by Crippen LogP contribution is 2.27. The van der Waals surface area contributed by atoms with Gasteiger partial charge in [-0.3, -0.25) is 14.4 Å². The normalized spacial score (nSPS) is 12.5. The number of amides is 2. The first-order valence-corrected chi connectivity index (χ1v) is 9.77. The summed E-state index contributed by atoms with van der Waals surface area (Å²) in [5, 5.41) is 2.83. The van der Waals surface area contributed by atoms with Gasteiger partial charge in [0.25, 0.3) is 0 Å². The molecule has 5 heteroatoms. The number of carbonyl (C=O) groups excluding carboxylic acids is 3. The zero-order chi connectivity index (χ0) is 19.9. The predicted molar refractivity (Wildman–Crippen MR) is 110 cm³/mol. The average Bonchev–Trinajstić information content (AvgIpc) is 3.11. The first-order valence-electron chi connectivity index (χ1n) is 9.77. The first-order chi connectivity index (χ1) is 13.6. The molecule has 0 saturated heterocycles. The van der Waals surface area contributed by atoms with Gasteiger partial charge in [-0.2, -0.15) is 0 Å². The lowest BCUT2D eigenvalue weighted by Crippen LogP contribution is -2.25. The third kappa shape index (κ3) is 5.06. The zero-order valence-corrected chi connectivity index (χ0v) is 16.2. The van der Waals surface area contributed by atoms with Gasteiger partial charge in [-0.05, 0) is 55.5 Å². The highest BCUT2D eigenvalue weighted by atomic mass is 16.2. The molecule has 0 bridgehead atoms. The summed E-state index contributed by atoms with van der Waals surface area (Å²) in [4.78, 5) is 37.0. The summed E-state index contributed by atoms with van der Waals surface area (Å²) < 4.78 is 0. The van der Waals surface area contributed by atoms with E-state index in [1.54, 1.807) is 11.0 Å². The molecule has 0 atom stereocenters. The molecule has 2 amide bonds. The molecule has 1 aliphatic rings. The van der Waals surface area contributed by atoms with E-state index in [1.165, 1.54) is 11.1 Å². The molecule has 1 aliphatic heterocycles. The van der Waals surface area contributed by atoms with Crippen LogP contribution in [0.25, 0.3) is 0 Å². The Bertz CT molecular complexity index is 859. The molecule has 2 aromatic rings. The van der Waals surface area contributed by atoms with Crippen LogP contribution < -0.4 is 10.2 Å². The third-order valence-electron chi connectivity index (χ3n) is 5.12. The number of rotatable bonds is 9. The molecule has 1 N–H and O–H groups in total. The van der Waals surface area contributed by atoms with Crippen LogP contribution in [-0.4, -0.2) is 31.2 Å². The molecule has 28 heavy (non-hydrogen) atoms. The molecule has 146 valence electrons. The fourth-order valence-electron chi connectivity index (χ4n) is 3.47. The lowest BCUT2D eigenvalue weighted by molar-refractivity contribution is -0.121. The largest absolute Gasteiger partial charge is 0.356 e. The number of hydrogen-bond donors (Lipinski definition) is 1. The molecule has 0 unspecified atom stereocenters. The number of fused-ring (bicyclic) bond motifs is 1. The minimum Gasteiger partial charge on any atom is -0.356 e. The molecule has 0 aromatic heterocycles. The van der Waals surface area contributed by atoms with Gasteiger partial charge in [0.15, 0.2) is 5.78 Å². The number of carbonyl (C=O) groups is 3. The molecule has 0 aliphatic carbocycles. The van der Waals surface area contributed by atoms with Crippen LogP contribution in [0.4, 0.5) is 5.69 Å². The number of nitrogens with zero attached hydrogens (tertiary/aromatic N) is 1. The van der Waals surface area contributed by atoms with Gasteiger partial charge in [-0.25, -0.2) is 0 Å². The predicted octanol–water partition coefficient (Wildman–Crippen LogP) is 3.23. The molecule has 2 aromatic carbocycles. The fourth-order valence-corrected chi connectivity index (χ4v) is 3.47. The van der Waals surface area contributed by atoms with Crippen molar-refractivity contribution in [3.05, 3.63) is 64.7 Å². The summed E-state index contributed by atoms with van der Waals surface area (Å²) >= 11 is 0. The van der Waals surface area contributed by atoms with E-state index >= 15 is 0 Å². The summed E-state index contributed by atoms with van der Waals surface area (Å²) in [6, 6.07) is 13.8. The summed E-state index contributed by atoms with van der Waals surface area (Å²) in [5.41, 5.74) is 5.01. The van der Waals surface area contributed by atoms with Crippen LogP contribution in [0.1, 0.15) is 46.3 Å². The van der Waals surface area contributed by atoms with Crippen molar-refractivity contribution in [3.63, 3.8) is 0 Å². The topological polar surface area (TPSA) is 66.5 Å². The van der Waals surface area contributed by atoms with Gasteiger partial charge in [0, 0.05) is 37.2 Å². The molecule has 0 fully saturated rings. The Labute approximate surface area is 165 Å². The van der Waals surface area contributed by atoms with E-state index < -0.39 is 0 Å². The maximum atomic E-state index is 12.4. The number of hydrogen-bond acceptors (Lipinski definition) is 3. The summed E-state index contributed by atoms with van der Waals surface area (Å²) in [6.07, 6.45) is 4.00. The van der Waals surface area contributed by atoms with E-state index in [0.717, 1.165) is 36.9 Å². The molecule has 0 radical (unpaired) electrons. The number of ketones is 1. The first kappa shape index (κ1) is 19.8. The van der Waals surface area contributed by atoms with E-state index in [1.807, 2.05) is 12.1 Å². The van der Waals surface area contributed by atoms with E-state index in [0.29, 0.717) is 25.1 Å². The molecular weight excluding hydrogens is 352 g/mol. The summed E-state index contributed by atoms with van der Waals surface area (Å²) in [7, 11) is 0. The van der Waals surface area contributed by atoms with Crippen LogP contribution in [0.5, 0.6) is 0 Å². The van der Waals surface area contributed by atoms with Crippen LogP contribution in [0.15, 0.2) is 42.5 Å². The Balaban J connectivity index is 1.38. The number of aryl methyl sites for hydroxylation is 2. The smallest absolute Gasteiger partial charge is 0.220 e. The zero-order valence-electron chi connectivity index (χ0n) is 16.2. The molecule has 0 spiro atoms. The minimum absolute atomic E-state index is 0.00677. The lowest BCUT2D eigenvalue weighted by atomic mass is 10.0. The highest BCUT2D eigenvalue weighted by molar-refractivity contribution is 5.97. The Kier molecular flexibility index (Phi) is 6.58. The highest BCUT2D eigenvalue weighted by Gasteiger charge is 2.19. The van der Waals surface area contributed by atoms with E-state index in [4.69, 9.17) is 0 Å². The van der Waals surface area contributed by atoms with E-state index in [-0.39, 0.29) is 18.1 Å². The van der Waals surface area contributed by atoms with Crippen molar-refractivity contribution in [1.29, 1.82) is 0 Å². The van der Waals surface area contributed by atoms with Crippen LogP contribution in [0, 0.1) is 6.92 Å². The van der Waals surface area contributed by atoms with Crippen LogP contribution in [0.3, 0.4) is 0 Å². The van der Waals surface area contributed by atoms with E-state index in [9.17, 15) is 14.4 Å². The van der Waals surface area contributed by atoms with Crippen molar-refractivity contribution < 1.29 is 14.4 Å². The Morgan fingerprint density at radius 1 is 1.11 bits per heavy atom.